The molecule has 1 fully saturated rings. The Kier molecular flexibility index (Phi) is 6.37. The van der Waals surface area contributed by atoms with Crippen molar-refractivity contribution in [3.8, 4) is 5.69 Å². The van der Waals surface area contributed by atoms with Gasteiger partial charge in [0.2, 0.25) is 5.91 Å². The first-order chi connectivity index (χ1) is 15.4. The van der Waals surface area contributed by atoms with Gasteiger partial charge in [-0.2, -0.15) is 5.10 Å². The lowest BCUT2D eigenvalue weighted by Gasteiger charge is -2.34. The Labute approximate surface area is 188 Å². The van der Waals surface area contributed by atoms with E-state index in [1.165, 1.54) is 0 Å². The maximum Gasteiger partial charge on any atom is 0.254 e. The lowest BCUT2D eigenvalue weighted by molar-refractivity contribution is -0.117. The van der Waals surface area contributed by atoms with Crippen LogP contribution in [0, 0.1) is 20.8 Å². The van der Waals surface area contributed by atoms with Crippen LogP contribution in [0.4, 0.5) is 5.69 Å². The van der Waals surface area contributed by atoms with Crippen LogP contribution < -0.4 is 5.32 Å². The number of anilines is 1. The second-order valence-electron chi connectivity index (χ2n) is 8.40. The van der Waals surface area contributed by atoms with Crippen molar-refractivity contribution in [2.45, 2.75) is 20.8 Å². The number of hydrogen-bond donors (Lipinski definition) is 1. The number of carbonyl (C=O) groups is 2. The molecule has 1 aromatic heterocycles. The number of amides is 2. The number of hydrogen-bond acceptors (Lipinski definition) is 4. The van der Waals surface area contributed by atoms with Crippen LogP contribution in [0.25, 0.3) is 5.69 Å². The second-order valence-corrected chi connectivity index (χ2v) is 8.40. The third kappa shape index (κ3) is 4.89. The molecule has 0 spiro atoms. The van der Waals surface area contributed by atoms with E-state index in [4.69, 9.17) is 0 Å². The summed E-state index contributed by atoms with van der Waals surface area (Å²) in [6.07, 6.45) is 3.73. The van der Waals surface area contributed by atoms with Gasteiger partial charge in [0.05, 0.1) is 18.4 Å². The minimum absolute atomic E-state index is 0.00960. The number of aryl methyl sites for hydroxylation is 3. The quantitative estimate of drug-likeness (QED) is 0.674. The van der Waals surface area contributed by atoms with Crippen LogP contribution in [0.3, 0.4) is 0 Å². The molecule has 166 valence electrons. The van der Waals surface area contributed by atoms with Gasteiger partial charge >= 0.3 is 0 Å². The molecule has 7 nitrogen and oxygen atoms in total. The molecule has 2 heterocycles. The number of aromatic nitrogens is 2. The number of nitrogens with zero attached hydrogens (tertiary/aromatic N) is 4. The molecular formula is C25H29N5O2. The summed E-state index contributed by atoms with van der Waals surface area (Å²) in [6.45, 7) is 8.84. The van der Waals surface area contributed by atoms with Crippen molar-refractivity contribution in [2.24, 2.45) is 0 Å². The SMILES string of the molecule is Cc1cnn(-c2cccc(C(=O)N3CCN(CC(=O)Nc4c(C)cccc4C)CC3)c2)c1. The summed E-state index contributed by atoms with van der Waals surface area (Å²) < 4.78 is 1.78. The summed E-state index contributed by atoms with van der Waals surface area (Å²) in [4.78, 5) is 29.5. The largest absolute Gasteiger partial charge is 0.336 e. The van der Waals surface area contributed by atoms with E-state index in [-0.39, 0.29) is 11.8 Å². The molecule has 0 atom stereocenters. The van der Waals surface area contributed by atoms with Crippen molar-refractivity contribution < 1.29 is 9.59 Å². The molecule has 32 heavy (non-hydrogen) atoms. The Morgan fingerprint density at radius 1 is 0.969 bits per heavy atom. The van der Waals surface area contributed by atoms with E-state index >= 15 is 0 Å². The van der Waals surface area contributed by atoms with E-state index in [1.807, 2.05) is 74.3 Å². The van der Waals surface area contributed by atoms with Gasteiger partial charge in [-0.05, 0) is 55.7 Å². The third-order valence-corrected chi connectivity index (χ3v) is 5.84. The molecule has 0 aliphatic carbocycles. The van der Waals surface area contributed by atoms with Crippen LogP contribution in [0.2, 0.25) is 0 Å². The molecule has 2 amide bonds. The average molecular weight is 432 g/mol. The lowest BCUT2D eigenvalue weighted by atomic mass is 10.1. The van der Waals surface area contributed by atoms with E-state index < -0.39 is 0 Å². The van der Waals surface area contributed by atoms with E-state index in [0.717, 1.165) is 28.1 Å². The van der Waals surface area contributed by atoms with Gasteiger partial charge in [-0.3, -0.25) is 14.5 Å². The Morgan fingerprint density at radius 2 is 1.66 bits per heavy atom. The number of piperazine rings is 1. The number of nitrogens with one attached hydrogen (secondary N) is 1. The van der Waals surface area contributed by atoms with Crippen molar-refractivity contribution in [2.75, 3.05) is 38.0 Å². The highest BCUT2D eigenvalue weighted by Gasteiger charge is 2.24. The number of para-hydroxylation sites is 1. The van der Waals surface area contributed by atoms with Crippen molar-refractivity contribution >= 4 is 17.5 Å². The smallest absolute Gasteiger partial charge is 0.254 e. The summed E-state index contributed by atoms with van der Waals surface area (Å²) in [7, 11) is 0. The van der Waals surface area contributed by atoms with Crippen LogP contribution >= 0.6 is 0 Å². The predicted octanol–water partition coefficient (Wildman–Crippen LogP) is 3.19. The zero-order chi connectivity index (χ0) is 22.7. The van der Waals surface area contributed by atoms with Gasteiger partial charge in [0, 0.05) is 43.6 Å². The Bertz CT molecular complexity index is 1110. The molecular weight excluding hydrogens is 402 g/mol. The molecule has 0 saturated carbocycles. The molecule has 7 heteroatoms. The van der Waals surface area contributed by atoms with Gasteiger partial charge in [-0.1, -0.05) is 24.3 Å². The van der Waals surface area contributed by atoms with E-state index in [0.29, 0.717) is 38.3 Å². The minimum Gasteiger partial charge on any atom is -0.336 e. The maximum atomic E-state index is 13.0. The second kappa shape index (κ2) is 9.36. The van der Waals surface area contributed by atoms with Crippen molar-refractivity contribution in [1.82, 2.24) is 19.6 Å². The first kappa shape index (κ1) is 21.8. The summed E-state index contributed by atoms with van der Waals surface area (Å²) in [5.74, 6) is -0.0141. The molecule has 1 aliphatic rings. The van der Waals surface area contributed by atoms with Gasteiger partial charge < -0.3 is 10.2 Å². The van der Waals surface area contributed by atoms with E-state index in [1.54, 1.807) is 10.9 Å². The van der Waals surface area contributed by atoms with Crippen LogP contribution in [0.5, 0.6) is 0 Å². The lowest BCUT2D eigenvalue weighted by Crippen LogP contribution is -2.50. The molecule has 2 aromatic carbocycles. The molecule has 0 unspecified atom stereocenters. The van der Waals surface area contributed by atoms with Gasteiger partial charge in [0.1, 0.15) is 0 Å². The Balaban J connectivity index is 1.33. The van der Waals surface area contributed by atoms with Crippen LogP contribution in [-0.4, -0.2) is 64.1 Å². The monoisotopic (exact) mass is 431 g/mol. The van der Waals surface area contributed by atoms with Crippen LogP contribution in [0.15, 0.2) is 54.9 Å². The average Bonchev–Trinajstić information content (AvgIpc) is 3.23. The van der Waals surface area contributed by atoms with Crippen LogP contribution in [-0.2, 0) is 4.79 Å². The highest BCUT2D eigenvalue weighted by Crippen LogP contribution is 2.19. The number of benzene rings is 2. The van der Waals surface area contributed by atoms with Crippen molar-refractivity contribution in [3.05, 3.63) is 77.1 Å². The summed E-state index contributed by atoms with van der Waals surface area (Å²) >= 11 is 0. The fourth-order valence-electron chi connectivity index (χ4n) is 4.02. The van der Waals surface area contributed by atoms with E-state index in [9.17, 15) is 9.59 Å². The Morgan fingerprint density at radius 3 is 2.31 bits per heavy atom. The van der Waals surface area contributed by atoms with Gasteiger partial charge in [-0.15, -0.1) is 0 Å². The molecule has 1 saturated heterocycles. The van der Waals surface area contributed by atoms with Crippen molar-refractivity contribution in [3.63, 3.8) is 0 Å². The van der Waals surface area contributed by atoms with E-state index in [2.05, 4.69) is 15.3 Å². The molecule has 3 aromatic rings. The molecule has 1 aliphatic heterocycles. The molecule has 0 bridgehead atoms. The highest BCUT2D eigenvalue weighted by atomic mass is 16.2. The molecule has 4 rings (SSSR count). The minimum atomic E-state index is -0.0237. The summed E-state index contributed by atoms with van der Waals surface area (Å²) in [5.41, 5.74) is 5.59. The topological polar surface area (TPSA) is 70.5 Å². The molecule has 0 radical (unpaired) electrons. The fourth-order valence-corrected chi connectivity index (χ4v) is 4.02. The van der Waals surface area contributed by atoms with Gasteiger partial charge in [0.25, 0.3) is 5.91 Å². The zero-order valence-corrected chi connectivity index (χ0v) is 18.8. The first-order valence-corrected chi connectivity index (χ1v) is 10.9. The van der Waals surface area contributed by atoms with Gasteiger partial charge in [0.15, 0.2) is 0 Å². The number of rotatable bonds is 5. The standard InChI is InChI=1S/C25H29N5O2/c1-18-15-26-30(16-18)22-9-5-8-21(14-22)25(32)29-12-10-28(11-13-29)17-23(31)27-24-19(2)6-4-7-20(24)3/h4-9,14-16H,10-13,17H2,1-3H3,(H,27,31). The third-order valence-electron chi connectivity index (χ3n) is 5.84. The fraction of sp³-hybridized carbons (Fsp3) is 0.320. The van der Waals surface area contributed by atoms with Crippen molar-refractivity contribution in [1.29, 1.82) is 0 Å². The van der Waals surface area contributed by atoms with Crippen LogP contribution in [0.1, 0.15) is 27.0 Å². The Hall–Kier alpha value is -3.45. The maximum absolute atomic E-state index is 13.0. The van der Waals surface area contributed by atoms with Gasteiger partial charge in [-0.25, -0.2) is 4.68 Å². The summed E-state index contributed by atoms with van der Waals surface area (Å²) in [6, 6.07) is 13.5. The number of carbonyl (C=O) groups excluding carboxylic acids is 2. The zero-order valence-electron chi connectivity index (χ0n) is 18.8. The highest BCUT2D eigenvalue weighted by molar-refractivity contribution is 5.95. The normalized spacial score (nSPS) is 14.4. The first-order valence-electron chi connectivity index (χ1n) is 10.9. The molecule has 1 N–H and O–H groups in total. The predicted molar refractivity (Wildman–Crippen MR) is 125 cm³/mol. The summed E-state index contributed by atoms with van der Waals surface area (Å²) in [5, 5.41) is 7.36.